The number of nitrogens with two attached hydrogens (primary N) is 1. The number of fused-ring (bicyclic) bond motifs is 2. The van der Waals surface area contributed by atoms with Gasteiger partial charge in [-0.15, -0.1) is 0 Å². The molecule has 2 N–H and O–H groups in total. The Bertz CT molecular complexity index is 1640. The lowest BCUT2D eigenvalue weighted by Gasteiger charge is -2.05. The Morgan fingerprint density at radius 3 is 2.15 bits per heavy atom. The largest absolute Gasteiger partial charge is 0.382 e. The molecular formula is C26H23N5O2S. The van der Waals surface area contributed by atoms with E-state index in [9.17, 15) is 8.42 Å². The summed E-state index contributed by atoms with van der Waals surface area (Å²) in [5, 5.41) is 4.51. The minimum atomic E-state index is -3.96. The summed E-state index contributed by atoms with van der Waals surface area (Å²) < 4.78 is 28.5. The minimum Gasteiger partial charge on any atom is -0.382 e. The maximum absolute atomic E-state index is 13.6. The van der Waals surface area contributed by atoms with E-state index in [0.717, 1.165) is 5.56 Å². The first kappa shape index (κ1) is 21.8. The molecule has 2 aromatic heterocycles. The van der Waals surface area contributed by atoms with Gasteiger partial charge in [-0.2, -0.15) is 9.78 Å². The molecule has 5 aromatic rings. The number of nitrogen functional groups attached to an aromatic ring is 1. The van der Waals surface area contributed by atoms with E-state index in [1.165, 1.54) is 22.4 Å². The van der Waals surface area contributed by atoms with Crippen molar-refractivity contribution >= 4 is 44.1 Å². The van der Waals surface area contributed by atoms with Crippen molar-refractivity contribution in [3.05, 3.63) is 90.0 Å². The zero-order valence-electron chi connectivity index (χ0n) is 18.8. The smallest absolute Gasteiger partial charge is 0.212 e. The Morgan fingerprint density at radius 2 is 1.50 bits per heavy atom. The van der Waals surface area contributed by atoms with Crippen molar-refractivity contribution in [3.63, 3.8) is 0 Å². The van der Waals surface area contributed by atoms with E-state index in [1.54, 1.807) is 30.5 Å². The molecule has 0 atom stereocenters. The molecule has 5 rings (SSSR count). The van der Waals surface area contributed by atoms with Gasteiger partial charge in [0, 0.05) is 0 Å². The quantitative estimate of drug-likeness (QED) is 0.365. The van der Waals surface area contributed by atoms with Crippen molar-refractivity contribution in [2.45, 2.75) is 29.6 Å². The molecule has 0 aliphatic carbocycles. The molecule has 0 saturated carbocycles. The van der Waals surface area contributed by atoms with E-state index >= 15 is 0 Å². The number of nitrogens with zero attached hydrogens (tertiary/aromatic N) is 4. The van der Waals surface area contributed by atoms with Crippen LogP contribution in [-0.4, -0.2) is 29.3 Å². The molecule has 170 valence electrons. The summed E-state index contributed by atoms with van der Waals surface area (Å²) in [5.41, 5.74) is 10.2. The summed E-state index contributed by atoms with van der Waals surface area (Å²) in [7, 11) is -3.96. The summed E-state index contributed by atoms with van der Waals surface area (Å²) in [5.74, 6) is 0.383. The fourth-order valence-corrected chi connectivity index (χ4v) is 5.32. The van der Waals surface area contributed by atoms with E-state index in [0.29, 0.717) is 17.0 Å². The van der Waals surface area contributed by atoms with Crippen molar-refractivity contribution in [2.24, 2.45) is 5.10 Å². The molecule has 0 fully saturated rings. The predicted molar refractivity (Wildman–Crippen MR) is 135 cm³/mol. The van der Waals surface area contributed by atoms with Crippen LogP contribution in [0.3, 0.4) is 0 Å². The van der Waals surface area contributed by atoms with E-state index in [2.05, 4.69) is 28.9 Å². The van der Waals surface area contributed by atoms with E-state index < -0.39 is 9.84 Å². The Morgan fingerprint density at radius 1 is 0.882 bits per heavy atom. The molecule has 0 aliphatic rings. The molecule has 34 heavy (non-hydrogen) atoms. The van der Waals surface area contributed by atoms with Crippen LogP contribution in [0.15, 0.2) is 93.8 Å². The zero-order valence-corrected chi connectivity index (χ0v) is 19.6. The van der Waals surface area contributed by atoms with Gasteiger partial charge in [0.25, 0.3) is 0 Å². The molecule has 0 amide bonds. The third kappa shape index (κ3) is 3.72. The highest BCUT2D eigenvalue weighted by molar-refractivity contribution is 7.92. The number of hydrogen-bond acceptors (Lipinski definition) is 6. The van der Waals surface area contributed by atoms with Crippen LogP contribution < -0.4 is 5.73 Å². The molecule has 0 spiro atoms. The number of hydrogen-bond donors (Lipinski definition) is 1. The Balaban J connectivity index is 1.73. The van der Waals surface area contributed by atoms with E-state index in [4.69, 9.17) is 5.73 Å². The summed E-state index contributed by atoms with van der Waals surface area (Å²) >= 11 is 0. The van der Waals surface area contributed by atoms with Gasteiger partial charge in [-0.3, -0.25) is 0 Å². The maximum atomic E-state index is 13.6. The van der Waals surface area contributed by atoms with Gasteiger partial charge in [0.05, 0.1) is 22.1 Å². The molecule has 3 aromatic carbocycles. The second-order valence-electron chi connectivity index (χ2n) is 8.29. The standard InChI is InChI=1S/C26H23N5O2S/c1-17(2)19-14-12-18(13-15-19)16-28-31-25(27)24(34(32,33)20-8-4-3-5-9-20)23-26(31)30-22-11-7-6-10-21(22)29-23/h3-17H,27H2,1-2H3. The minimum absolute atomic E-state index is 0.0378. The Kier molecular flexibility index (Phi) is 5.37. The molecule has 0 radical (unpaired) electrons. The molecule has 0 unspecified atom stereocenters. The van der Waals surface area contributed by atoms with E-state index in [1.807, 2.05) is 42.5 Å². The highest BCUT2D eigenvalue weighted by Gasteiger charge is 2.30. The number of sulfone groups is 1. The molecule has 8 heteroatoms. The number of anilines is 1. The molecule has 0 aliphatic heterocycles. The zero-order chi connectivity index (χ0) is 23.9. The topological polar surface area (TPSA) is 103 Å². The number of aromatic nitrogens is 3. The summed E-state index contributed by atoms with van der Waals surface area (Å²) in [6.45, 7) is 4.26. The van der Waals surface area contributed by atoms with Crippen molar-refractivity contribution in [2.75, 3.05) is 5.73 Å². The SMILES string of the molecule is CC(C)c1ccc(C=Nn2c(N)c(S(=O)(=O)c3ccccc3)c3nc4ccccc4nc32)cc1. The Hall–Kier alpha value is -4.04. The fraction of sp³-hybridized carbons (Fsp3) is 0.115. The average Bonchev–Trinajstić information content (AvgIpc) is 3.12. The Labute approximate surface area is 197 Å². The fourth-order valence-electron chi connectivity index (χ4n) is 3.81. The van der Waals surface area contributed by atoms with Crippen LogP contribution in [0.4, 0.5) is 5.82 Å². The first-order chi connectivity index (χ1) is 16.4. The molecular weight excluding hydrogens is 446 g/mol. The first-order valence-corrected chi connectivity index (χ1v) is 12.4. The lowest BCUT2D eigenvalue weighted by Crippen LogP contribution is -2.06. The number of para-hydroxylation sites is 2. The van der Waals surface area contributed by atoms with Crippen LogP contribution in [0.25, 0.3) is 22.2 Å². The van der Waals surface area contributed by atoms with Crippen LogP contribution in [0, 0.1) is 0 Å². The van der Waals surface area contributed by atoms with Crippen molar-refractivity contribution in [1.29, 1.82) is 0 Å². The van der Waals surface area contributed by atoms with Crippen LogP contribution in [0.2, 0.25) is 0 Å². The second kappa shape index (κ2) is 8.39. The van der Waals surface area contributed by atoms with Crippen LogP contribution in [-0.2, 0) is 9.84 Å². The first-order valence-electron chi connectivity index (χ1n) is 10.9. The van der Waals surface area contributed by atoms with Gasteiger partial charge in [-0.05, 0) is 41.3 Å². The van der Waals surface area contributed by atoms with Gasteiger partial charge >= 0.3 is 0 Å². The molecule has 2 heterocycles. The van der Waals surface area contributed by atoms with Gasteiger partial charge < -0.3 is 5.73 Å². The van der Waals surface area contributed by atoms with Crippen LogP contribution in [0.5, 0.6) is 0 Å². The van der Waals surface area contributed by atoms with Crippen molar-refractivity contribution in [3.8, 4) is 0 Å². The molecule has 7 nitrogen and oxygen atoms in total. The summed E-state index contributed by atoms with van der Waals surface area (Å²) in [6.07, 6.45) is 1.63. The van der Waals surface area contributed by atoms with Crippen molar-refractivity contribution in [1.82, 2.24) is 14.6 Å². The average molecular weight is 470 g/mol. The van der Waals surface area contributed by atoms with Crippen LogP contribution >= 0.6 is 0 Å². The lowest BCUT2D eigenvalue weighted by molar-refractivity contribution is 0.597. The number of rotatable bonds is 5. The highest BCUT2D eigenvalue weighted by atomic mass is 32.2. The van der Waals surface area contributed by atoms with Gasteiger partial charge in [0.1, 0.15) is 16.2 Å². The second-order valence-corrected chi connectivity index (χ2v) is 10.2. The highest BCUT2D eigenvalue weighted by Crippen LogP contribution is 2.35. The predicted octanol–water partition coefficient (Wildman–Crippen LogP) is 5.01. The van der Waals surface area contributed by atoms with E-state index in [-0.39, 0.29) is 26.8 Å². The van der Waals surface area contributed by atoms with Gasteiger partial charge in [-0.25, -0.2) is 18.4 Å². The van der Waals surface area contributed by atoms with Gasteiger partial charge in [0.2, 0.25) is 9.84 Å². The maximum Gasteiger partial charge on any atom is 0.212 e. The molecule has 0 saturated heterocycles. The molecule has 0 bridgehead atoms. The third-order valence-corrected chi connectivity index (χ3v) is 7.51. The number of benzene rings is 3. The lowest BCUT2D eigenvalue weighted by atomic mass is 10.0. The van der Waals surface area contributed by atoms with Crippen molar-refractivity contribution < 1.29 is 8.42 Å². The normalized spacial score (nSPS) is 12.3. The van der Waals surface area contributed by atoms with Crippen LogP contribution in [0.1, 0.15) is 30.9 Å². The summed E-state index contributed by atoms with van der Waals surface area (Å²) in [4.78, 5) is 9.31. The monoisotopic (exact) mass is 469 g/mol. The van der Waals surface area contributed by atoms with Gasteiger partial charge in [0.15, 0.2) is 5.65 Å². The third-order valence-electron chi connectivity index (χ3n) is 5.68. The summed E-state index contributed by atoms with van der Waals surface area (Å²) in [6, 6.07) is 23.4. The van der Waals surface area contributed by atoms with Gasteiger partial charge in [-0.1, -0.05) is 68.4 Å².